The number of rotatable bonds is 7. The van der Waals surface area contributed by atoms with Gasteiger partial charge >= 0.3 is 5.69 Å². The summed E-state index contributed by atoms with van der Waals surface area (Å²) in [6.07, 6.45) is 7.41. The molecule has 4 bridgehead atoms. The fourth-order valence-corrected chi connectivity index (χ4v) is 8.39. The summed E-state index contributed by atoms with van der Waals surface area (Å²) in [5.74, 6) is 1.66. The molecule has 1 saturated heterocycles. The molecule has 4 saturated carbocycles. The number of sulfonamides is 1. The highest BCUT2D eigenvalue weighted by Gasteiger charge is 2.51. The van der Waals surface area contributed by atoms with Crippen molar-refractivity contribution < 1.29 is 22.9 Å². The number of hydrogen-bond acceptors (Lipinski definition) is 6. The van der Waals surface area contributed by atoms with E-state index < -0.39 is 26.7 Å². The van der Waals surface area contributed by atoms with Crippen LogP contribution in [0.5, 0.6) is 5.75 Å². The van der Waals surface area contributed by atoms with E-state index in [-0.39, 0.29) is 22.1 Å². The predicted molar refractivity (Wildman–Crippen MR) is 120 cm³/mol. The van der Waals surface area contributed by atoms with Crippen molar-refractivity contribution >= 4 is 21.6 Å². The van der Waals surface area contributed by atoms with Gasteiger partial charge in [0.1, 0.15) is 0 Å². The van der Waals surface area contributed by atoms with E-state index in [9.17, 15) is 23.3 Å². The summed E-state index contributed by atoms with van der Waals surface area (Å²) in [7, 11) is -3.79. The lowest BCUT2D eigenvalue weighted by molar-refractivity contribution is -0.386. The van der Waals surface area contributed by atoms with Gasteiger partial charge in [-0.2, -0.15) is 4.31 Å². The Hall–Kier alpha value is -2.20. The molecular weight excluding hydrogens is 446 g/mol. The van der Waals surface area contributed by atoms with Crippen LogP contribution >= 0.6 is 0 Å². The topological polar surface area (TPSA) is 119 Å². The number of amides is 1. The first-order chi connectivity index (χ1) is 15.6. The third-order valence-electron chi connectivity index (χ3n) is 7.93. The molecule has 0 radical (unpaired) electrons. The lowest BCUT2D eigenvalue weighted by atomic mass is 9.53. The summed E-state index contributed by atoms with van der Waals surface area (Å²) in [5.41, 5.74) is -0.631. The van der Waals surface area contributed by atoms with Gasteiger partial charge in [-0.15, -0.1) is 0 Å². The van der Waals surface area contributed by atoms with Gasteiger partial charge in [0, 0.05) is 24.7 Å². The second-order valence-corrected chi connectivity index (χ2v) is 12.4. The van der Waals surface area contributed by atoms with Crippen LogP contribution in [0.25, 0.3) is 0 Å². The first-order valence-corrected chi connectivity index (χ1v) is 13.4. The fourth-order valence-electron chi connectivity index (χ4n) is 6.85. The maximum Gasteiger partial charge on any atom is 0.312 e. The number of nitro groups is 1. The lowest BCUT2D eigenvalue weighted by Gasteiger charge is -2.57. The Kier molecular flexibility index (Phi) is 5.63. The number of nitro benzene ring substituents is 1. The quantitative estimate of drug-likeness (QED) is 0.476. The molecule has 10 heteroatoms. The van der Waals surface area contributed by atoms with Gasteiger partial charge in [0.25, 0.3) is 5.91 Å². The predicted octanol–water partition coefficient (Wildman–Crippen LogP) is 3.23. The van der Waals surface area contributed by atoms with E-state index >= 15 is 0 Å². The summed E-state index contributed by atoms with van der Waals surface area (Å²) in [4.78, 5) is 23.9. The molecular formula is C23H31N3O6S. The van der Waals surface area contributed by atoms with Gasteiger partial charge in [-0.05, 0) is 88.2 Å². The van der Waals surface area contributed by atoms with Crippen LogP contribution in [-0.4, -0.2) is 48.3 Å². The molecule has 6 rings (SSSR count). The van der Waals surface area contributed by atoms with Crippen molar-refractivity contribution in [3.8, 4) is 5.75 Å². The molecule has 1 aliphatic heterocycles. The highest BCUT2D eigenvalue weighted by atomic mass is 32.2. The molecule has 0 spiro atoms. The molecule has 9 nitrogen and oxygen atoms in total. The summed E-state index contributed by atoms with van der Waals surface area (Å²) >= 11 is 0. The van der Waals surface area contributed by atoms with Crippen molar-refractivity contribution in [2.24, 2.45) is 17.8 Å². The number of ether oxygens (including phenoxy) is 1. The van der Waals surface area contributed by atoms with Crippen molar-refractivity contribution in [1.29, 1.82) is 0 Å². The molecule has 1 aromatic rings. The largest absolute Gasteiger partial charge is 0.474 e. The Morgan fingerprint density at radius 3 is 2.27 bits per heavy atom. The van der Waals surface area contributed by atoms with E-state index in [2.05, 4.69) is 5.32 Å². The van der Waals surface area contributed by atoms with Crippen LogP contribution in [0.15, 0.2) is 23.1 Å². The highest BCUT2D eigenvalue weighted by molar-refractivity contribution is 7.89. The molecule has 5 fully saturated rings. The maximum absolute atomic E-state index is 13.0. The summed E-state index contributed by atoms with van der Waals surface area (Å²) in [6.45, 7) is 2.40. The highest BCUT2D eigenvalue weighted by Crippen LogP contribution is 2.55. The Bertz CT molecular complexity index is 1030. The molecule has 33 heavy (non-hydrogen) atoms. The Morgan fingerprint density at radius 1 is 1.15 bits per heavy atom. The van der Waals surface area contributed by atoms with Crippen LogP contribution in [0.3, 0.4) is 0 Å². The van der Waals surface area contributed by atoms with Gasteiger partial charge in [0.05, 0.1) is 9.82 Å². The first kappa shape index (κ1) is 22.6. The van der Waals surface area contributed by atoms with E-state index in [0.29, 0.717) is 30.8 Å². The normalized spacial score (nSPS) is 32.0. The zero-order valence-electron chi connectivity index (χ0n) is 18.9. The van der Waals surface area contributed by atoms with Crippen LogP contribution in [0.1, 0.15) is 58.3 Å². The summed E-state index contributed by atoms with van der Waals surface area (Å²) in [5, 5.41) is 14.9. The molecule has 0 aromatic heterocycles. The average molecular weight is 478 g/mol. The zero-order chi connectivity index (χ0) is 23.4. The number of carbonyl (C=O) groups excluding carboxylic acids is 1. The van der Waals surface area contributed by atoms with E-state index in [1.807, 2.05) is 0 Å². The van der Waals surface area contributed by atoms with Gasteiger partial charge in [-0.3, -0.25) is 14.9 Å². The van der Waals surface area contributed by atoms with E-state index in [1.54, 1.807) is 6.92 Å². The molecule has 1 N–H and O–H groups in total. The molecule has 1 aromatic carbocycles. The van der Waals surface area contributed by atoms with Crippen molar-refractivity contribution in [1.82, 2.24) is 9.62 Å². The third kappa shape index (κ3) is 4.23. The Morgan fingerprint density at radius 2 is 1.73 bits per heavy atom. The smallest absolute Gasteiger partial charge is 0.312 e. The first-order valence-electron chi connectivity index (χ1n) is 11.9. The van der Waals surface area contributed by atoms with E-state index in [1.165, 1.54) is 35.7 Å². The molecule has 1 amide bonds. The second kappa shape index (κ2) is 8.23. The maximum atomic E-state index is 13.0. The van der Waals surface area contributed by atoms with Crippen LogP contribution in [-0.2, 0) is 14.8 Å². The van der Waals surface area contributed by atoms with Crippen molar-refractivity contribution in [3.63, 3.8) is 0 Å². The zero-order valence-corrected chi connectivity index (χ0v) is 19.7. The number of nitrogens with zero attached hydrogens (tertiary/aromatic N) is 2. The molecule has 1 atom stereocenters. The number of carbonyl (C=O) groups is 1. The Labute approximate surface area is 194 Å². The van der Waals surface area contributed by atoms with Gasteiger partial charge < -0.3 is 10.1 Å². The van der Waals surface area contributed by atoms with Crippen molar-refractivity contribution in [2.75, 3.05) is 13.1 Å². The third-order valence-corrected chi connectivity index (χ3v) is 9.82. The average Bonchev–Trinajstić information content (AvgIpc) is 3.28. The van der Waals surface area contributed by atoms with Gasteiger partial charge in [0.15, 0.2) is 11.9 Å². The van der Waals surface area contributed by atoms with Crippen LogP contribution < -0.4 is 10.1 Å². The minimum Gasteiger partial charge on any atom is -0.474 e. The van der Waals surface area contributed by atoms with Crippen LogP contribution in [0, 0.1) is 27.9 Å². The van der Waals surface area contributed by atoms with Crippen molar-refractivity contribution in [2.45, 2.75) is 74.8 Å². The number of hydrogen-bond donors (Lipinski definition) is 1. The number of nitrogens with one attached hydrogen (secondary N) is 1. The minimum atomic E-state index is -3.79. The van der Waals surface area contributed by atoms with E-state index in [4.69, 9.17) is 4.74 Å². The summed E-state index contributed by atoms with van der Waals surface area (Å²) < 4.78 is 32.7. The fraction of sp³-hybridized carbons (Fsp3) is 0.696. The standard InChI is InChI=1S/C23H31N3O6S/c1-15(22(27)24-23-12-16-8-17(13-23)10-18(9-16)14-23)32-21-5-4-19(11-20(21)26(28)29)33(30,31)25-6-2-3-7-25/h4-5,11,15-18H,2-3,6-10,12-14H2,1H3,(H,24,27). The van der Waals surface area contributed by atoms with E-state index in [0.717, 1.165) is 38.2 Å². The lowest BCUT2D eigenvalue weighted by Crippen LogP contribution is -2.61. The molecule has 1 heterocycles. The molecule has 4 aliphatic carbocycles. The molecule has 180 valence electrons. The van der Waals surface area contributed by atoms with Gasteiger partial charge in [-0.25, -0.2) is 8.42 Å². The molecule has 1 unspecified atom stereocenters. The minimum absolute atomic E-state index is 0.103. The van der Waals surface area contributed by atoms with Gasteiger partial charge in [-0.1, -0.05) is 0 Å². The number of benzene rings is 1. The Balaban J connectivity index is 1.31. The summed E-state index contributed by atoms with van der Waals surface area (Å²) in [6, 6.07) is 3.64. The van der Waals surface area contributed by atoms with Crippen LogP contribution in [0.2, 0.25) is 0 Å². The van der Waals surface area contributed by atoms with Gasteiger partial charge in [0.2, 0.25) is 10.0 Å². The second-order valence-electron chi connectivity index (χ2n) is 10.4. The monoisotopic (exact) mass is 477 g/mol. The van der Waals surface area contributed by atoms with Crippen molar-refractivity contribution in [3.05, 3.63) is 28.3 Å². The SMILES string of the molecule is CC(Oc1ccc(S(=O)(=O)N2CCCC2)cc1[N+](=O)[O-])C(=O)NC12CC3CC(CC(C3)C1)C2. The van der Waals surface area contributed by atoms with Crippen LogP contribution in [0.4, 0.5) is 5.69 Å². The molecule has 5 aliphatic rings.